The zero-order valence-electron chi connectivity index (χ0n) is 11.2. The summed E-state index contributed by atoms with van der Waals surface area (Å²) in [5.74, 6) is 1.81. The number of fused-ring (bicyclic) bond motifs is 1. The summed E-state index contributed by atoms with van der Waals surface area (Å²) >= 11 is 0. The fourth-order valence-electron chi connectivity index (χ4n) is 2.09. The van der Waals surface area contributed by atoms with E-state index in [4.69, 9.17) is 14.2 Å². The van der Waals surface area contributed by atoms with Crippen LogP contribution in [-0.2, 0) is 0 Å². The molecule has 0 saturated carbocycles. The average Bonchev–Trinajstić information content (AvgIpc) is 2.27. The van der Waals surface area contributed by atoms with E-state index in [1.54, 1.807) is 19.2 Å². The molecule has 1 aromatic rings. The predicted molar refractivity (Wildman–Crippen MR) is 67.8 cm³/mol. The Labute approximate surface area is 107 Å². The summed E-state index contributed by atoms with van der Waals surface area (Å²) < 4.78 is 16.5. The molecular weight excluding hydrogens is 232 g/mol. The first kappa shape index (κ1) is 12.7. The highest BCUT2D eigenvalue weighted by molar-refractivity contribution is 6.01. The summed E-state index contributed by atoms with van der Waals surface area (Å²) in [7, 11) is 1.56. The minimum Gasteiger partial charge on any atom is -0.493 e. The Bertz CT molecular complexity index is 477. The van der Waals surface area contributed by atoms with E-state index in [1.807, 2.05) is 20.8 Å². The Balaban J connectivity index is 2.49. The van der Waals surface area contributed by atoms with Gasteiger partial charge in [-0.1, -0.05) is 0 Å². The number of hydrogen-bond donors (Lipinski definition) is 0. The van der Waals surface area contributed by atoms with Crippen molar-refractivity contribution < 1.29 is 19.0 Å². The Morgan fingerprint density at radius 3 is 2.67 bits per heavy atom. The van der Waals surface area contributed by atoms with Gasteiger partial charge in [0.2, 0.25) is 0 Å². The molecule has 1 aliphatic heterocycles. The number of hydrogen-bond acceptors (Lipinski definition) is 4. The molecule has 0 spiro atoms. The maximum atomic E-state index is 12.1. The molecule has 1 aliphatic rings. The lowest BCUT2D eigenvalue weighted by Crippen LogP contribution is -2.35. The van der Waals surface area contributed by atoms with Crippen molar-refractivity contribution in [3.8, 4) is 17.2 Å². The predicted octanol–water partition coefficient (Wildman–Crippen LogP) is 2.84. The number of benzene rings is 1. The molecule has 0 aliphatic carbocycles. The first-order valence-corrected chi connectivity index (χ1v) is 6.04. The molecule has 0 radical (unpaired) electrons. The van der Waals surface area contributed by atoms with Crippen LogP contribution in [0.1, 0.15) is 37.6 Å². The fourth-order valence-corrected chi connectivity index (χ4v) is 2.09. The van der Waals surface area contributed by atoms with Gasteiger partial charge in [-0.15, -0.1) is 0 Å². The highest BCUT2D eigenvalue weighted by Gasteiger charge is 2.33. The molecule has 0 fully saturated rings. The standard InChI is InChI=1S/C14H18O4/c1-5-17-13-7-11-9(6-12(13)16-4)10(15)8-14(2,3)18-11/h6-7H,5,8H2,1-4H3. The number of carbonyl (C=O) groups is 1. The van der Waals surface area contributed by atoms with E-state index in [9.17, 15) is 4.79 Å². The highest BCUT2D eigenvalue weighted by atomic mass is 16.5. The summed E-state index contributed by atoms with van der Waals surface area (Å²) in [6.07, 6.45) is 0.372. The molecule has 0 atom stereocenters. The Morgan fingerprint density at radius 2 is 2.06 bits per heavy atom. The molecule has 18 heavy (non-hydrogen) atoms. The Kier molecular flexibility index (Phi) is 3.20. The van der Waals surface area contributed by atoms with Crippen molar-refractivity contribution in [1.82, 2.24) is 0 Å². The van der Waals surface area contributed by atoms with E-state index in [0.29, 0.717) is 35.8 Å². The average molecular weight is 250 g/mol. The van der Waals surface area contributed by atoms with Crippen LogP contribution in [0.15, 0.2) is 12.1 Å². The van der Waals surface area contributed by atoms with Gasteiger partial charge < -0.3 is 14.2 Å². The number of rotatable bonds is 3. The molecule has 98 valence electrons. The van der Waals surface area contributed by atoms with Gasteiger partial charge in [0.15, 0.2) is 17.3 Å². The van der Waals surface area contributed by atoms with Crippen molar-refractivity contribution in [2.75, 3.05) is 13.7 Å². The summed E-state index contributed by atoms with van der Waals surface area (Å²) in [6, 6.07) is 3.42. The molecule has 0 amide bonds. The third-order valence-corrected chi connectivity index (χ3v) is 2.84. The first-order valence-electron chi connectivity index (χ1n) is 6.04. The summed E-state index contributed by atoms with van der Waals surface area (Å²) in [4.78, 5) is 12.1. The van der Waals surface area contributed by atoms with Gasteiger partial charge in [-0.2, -0.15) is 0 Å². The van der Waals surface area contributed by atoms with E-state index in [1.165, 1.54) is 0 Å². The summed E-state index contributed by atoms with van der Waals surface area (Å²) in [5, 5.41) is 0. The van der Waals surface area contributed by atoms with Crippen molar-refractivity contribution in [3.05, 3.63) is 17.7 Å². The van der Waals surface area contributed by atoms with E-state index < -0.39 is 5.60 Å². The van der Waals surface area contributed by atoms with Crippen LogP contribution < -0.4 is 14.2 Å². The lowest BCUT2D eigenvalue weighted by Gasteiger charge is -2.32. The lowest BCUT2D eigenvalue weighted by atomic mass is 9.93. The number of methoxy groups -OCH3 is 1. The molecule has 2 rings (SSSR count). The third kappa shape index (κ3) is 2.28. The van der Waals surface area contributed by atoms with E-state index in [-0.39, 0.29) is 5.78 Å². The third-order valence-electron chi connectivity index (χ3n) is 2.84. The van der Waals surface area contributed by atoms with Crippen molar-refractivity contribution in [2.45, 2.75) is 32.8 Å². The van der Waals surface area contributed by atoms with E-state index in [2.05, 4.69) is 0 Å². The summed E-state index contributed by atoms with van der Waals surface area (Å²) in [6.45, 7) is 6.23. The smallest absolute Gasteiger partial charge is 0.170 e. The fraction of sp³-hybridized carbons (Fsp3) is 0.500. The second-order valence-electron chi connectivity index (χ2n) is 4.89. The lowest BCUT2D eigenvalue weighted by molar-refractivity contribution is 0.0617. The molecule has 4 heteroatoms. The van der Waals surface area contributed by atoms with Gasteiger partial charge in [0.05, 0.1) is 25.7 Å². The Morgan fingerprint density at radius 1 is 1.33 bits per heavy atom. The normalized spacial score (nSPS) is 16.8. The van der Waals surface area contributed by atoms with Gasteiger partial charge in [0, 0.05) is 6.07 Å². The van der Waals surface area contributed by atoms with Crippen LogP contribution >= 0.6 is 0 Å². The maximum absolute atomic E-state index is 12.1. The number of ether oxygens (including phenoxy) is 3. The molecular formula is C14H18O4. The quantitative estimate of drug-likeness (QED) is 0.827. The molecule has 0 aromatic heterocycles. The van der Waals surface area contributed by atoms with Crippen LogP contribution in [0.4, 0.5) is 0 Å². The van der Waals surface area contributed by atoms with E-state index >= 15 is 0 Å². The number of ketones is 1. The van der Waals surface area contributed by atoms with Crippen LogP contribution in [0, 0.1) is 0 Å². The molecule has 0 bridgehead atoms. The Hall–Kier alpha value is -1.71. The summed E-state index contributed by atoms with van der Waals surface area (Å²) in [5.41, 5.74) is 0.0944. The molecule has 4 nitrogen and oxygen atoms in total. The number of Topliss-reactive ketones (excluding diaryl/α,β-unsaturated/α-hetero) is 1. The molecule has 1 aromatic carbocycles. The first-order chi connectivity index (χ1) is 8.46. The van der Waals surface area contributed by atoms with Gasteiger partial charge >= 0.3 is 0 Å². The molecule has 0 N–H and O–H groups in total. The molecule has 1 heterocycles. The minimum absolute atomic E-state index is 0.0719. The van der Waals surface area contributed by atoms with Crippen LogP contribution in [0.5, 0.6) is 17.2 Å². The van der Waals surface area contributed by atoms with Gasteiger partial charge in [0.1, 0.15) is 11.4 Å². The monoisotopic (exact) mass is 250 g/mol. The van der Waals surface area contributed by atoms with Gasteiger partial charge in [-0.05, 0) is 26.8 Å². The zero-order chi connectivity index (χ0) is 13.3. The van der Waals surface area contributed by atoms with Gasteiger partial charge in [-0.3, -0.25) is 4.79 Å². The second kappa shape index (κ2) is 4.52. The SMILES string of the molecule is CCOc1cc2c(cc1OC)C(=O)CC(C)(C)O2. The van der Waals surface area contributed by atoms with Crippen LogP contribution in [0.2, 0.25) is 0 Å². The molecule has 0 unspecified atom stereocenters. The van der Waals surface area contributed by atoms with Crippen LogP contribution in [0.25, 0.3) is 0 Å². The minimum atomic E-state index is -0.470. The van der Waals surface area contributed by atoms with Crippen molar-refractivity contribution in [1.29, 1.82) is 0 Å². The van der Waals surface area contributed by atoms with Crippen molar-refractivity contribution >= 4 is 5.78 Å². The highest BCUT2D eigenvalue weighted by Crippen LogP contribution is 2.40. The van der Waals surface area contributed by atoms with Gasteiger partial charge in [0.25, 0.3) is 0 Å². The van der Waals surface area contributed by atoms with Crippen molar-refractivity contribution in [2.24, 2.45) is 0 Å². The van der Waals surface area contributed by atoms with Crippen LogP contribution in [0.3, 0.4) is 0 Å². The van der Waals surface area contributed by atoms with E-state index in [0.717, 1.165) is 0 Å². The second-order valence-corrected chi connectivity index (χ2v) is 4.89. The molecule has 0 saturated heterocycles. The number of carbonyl (C=O) groups excluding carboxylic acids is 1. The van der Waals surface area contributed by atoms with Gasteiger partial charge in [-0.25, -0.2) is 0 Å². The zero-order valence-corrected chi connectivity index (χ0v) is 11.2. The van der Waals surface area contributed by atoms with Crippen molar-refractivity contribution in [3.63, 3.8) is 0 Å². The maximum Gasteiger partial charge on any atom is 0.170 e. The topological polar surface area (TPSA) is 44.8 Å². The largest absolute Gasteiger partial charge is 0.493 e. The van der Waals surface area contributed by atoms with Crippen LogP contribution in [-0.4, -0.2) is 25.1 Å².